The third kappa shape index (κ3) is 3.40. The van der Waals surface area contributed by atoms with Crippen LogP contribution >= 0.6 is 0 Å². The topological polar surface area (TPSA) is 66.7 Å². The predicted molar refractivity (Wildman–Crippen MR) is 86.9 cm³/mol. The van der Waals surface area contributed by atoms with E-state index in [2.05, 4.69) is 0 Å². The van der Waals surface area contributed by atoms with Gasteiger partial charge >= 0.3 is 0 Å². The van der Waals surface area contributed by atoms with E-state index in [1.54, 1.807) is 0 Å². The highest BCUT2D eigenvalue weighted by Gasteiger charge is 2.34. The number of nitro benzene ring substituents is 1. The molecule has 1 amide bonds. The lowest BCUT2D eigenvalue weighted by Crippen LogP contribution is -2.50. The van der Waals surface area contributed by atoms with Crippen LogP contribution in [-0.2, 0) is 11.3 Å². The average Bonchev–Trinajstić information content (AvgIpc) is 3.11. The highest BCUT2D eigenvalue weighted by atomic mass is 19.1. The summed E-state index contributed by atoms with van der Waals surface area (Å²) in [6.45, 7) is 2.33. The molecule has 6 nitrogen and oxygen atoms in total. The second-order valence-electron chi connectivity index (χ2n) is 6.51. The Morgan fingerprint density at radius 1 is 1.21 bits per heavy atom. The first kappa shape index (κ1) is 16.8. The second kappa shape index (κ2) is 7.25. The number of hydrogen-bond donors (Lipinski definition) is 0. The first-order chi connectivity index (χ1) is 11.6. The number of hydrogen-bond acceptors (Lipinski definition) is 4. The average molecular weight is 335 g/mol. The molecular weight excluding hydrogens is 313 g/mol. The normalized spacial score (nSPS) is 21.9. The Bertz CT molecular complexity index is 632. The van der Waals surface area contributed by atoms with Crippen molar-refractivity contribution in [2.24, 2.45) is 0 Å². The lowest BCUT2D eigenvalue weighted by Gasteiger charge is -2.36. The molecule has 0 bridgehead atoms. The van der Waals surface area contributed by atoms with Crippen LogP contribution < -0.4 is 0 Å². The maximum atomic E-state index is 14.2. The van der Waals surface area contributed by atoms with Crippen LogP contribution in [0, 0.1) is 15.9 Å². The van der Waals surface area contributed by atoms with Crippen molar-refractivity contribution in [3.05, 3.63) is 39.7 Å². The second-order valence-corrected chi connectivity index (χ2v) is 6.51. The zero-order valence-electron chi connectivity index (χ0n) is 13.6. The number of carbonyl (C=O) groups is 1. The van der Waals surface area contributed by atoms with Crippen LogP contribution in [0.25, 0.3) is 0 Å². The third-order valence-electron chi connectivity index (χ3n) is 4.97. The van der Waals surface area contributed by atoms with E-state index in [-0.39, 0.29) is 29.7 Å². The molecular formula is C17H22FN3O3. The summed E-state index contributed by atoms with van der Waals surface area (Å²) < 4.78 is 14.2. The van der Waals surface area contributed by atoms with Crippen molar-refractivity contribution in [1.29, 1.82) is 0 Å². The smallest absolute Gasteiger partial charge is 0.276 e. The van der Waals surface area contributed by atoms with Crippen molar-refractivity contribution in [3.8, 4) is 0 Å². The number of nitro groups is 1. The minimum Gasteiger partial charge on any atom is -0.341 e. The molecule has 0 spiro atoms. The van der Waals surface area contributed by atoms with Gasteiger partial charge in [0.1, 0.15) is 5.82 Å². The molecule has 0 unspecified atom stereocenters. The Hall–Kier alpha value is -2.02. The quantitative estimate of drug-likeness (QED) is 0.627. The monoisotopic (exact) mass is 335 g/mol. The highest BCUT2D eigenvalue weighted by Crippen LogP contribution is 2.28. The largest absolute Gasteiger partial charge is 0.341 e. The zero-order valence-corrected chi connectivity index (χ0v) is 13.6. The fourth-order valence-electron chi connectivity index (χ4n) is 3.69. The van der Waals surface area contributed by atoms with E-state index in [0.29, 0.717) is 6.54 Å². The van der Waals surface area contributed by atoms with Gasteiger partial charge in [-0.3, -0.25) is 19.8 Å². The molecule has 2 aliphatic rings. The third-order valence-corrected chi connectivity index (χ3v) is 4.97. The molecule has 24 heavy (non-hydrogen) atoms. The molecule has 0 aromatic heterocycles. The van der Waals surface area contributed by atoms with Crippen molar-refractivity contribution < 1.29 is 14.1 Å². The van der Waals surface area contributed by atoms with Gasteiger partial charge < -0.3 is 4.90 Å². The molecule has 2 fully saturated rings. The van der Waals surface area contributed by atoms with E-state index >= 15 is 0 Å². The molecule has 0 saturated carbocycles. The van der Waals surface area contributed by atoms with Crippen LogP contribution in [0.3, 0.4) is 0 Å². The van der Waals surface area contributed by atoms with Gasteiger partial charge in [0.2, 0.25) is 5.91 Å². The van der Waals surface area contributed by atoms with E-state index in [4.69, 9.17) is 0 Å². The Morgan fingerprint density at radius 2 is 1.92 bits per heavy atom. The number of likely N-dealkylation sites (tertiary alicyclic amines) is 2. The number of halogens is 1. The molecule has 1 atom stereocenters. The minimum absolute atomic E-state index is 0.0728. The van der Waals surface area contributed by atoms with Crippen molar-refractivity contribution >= 4 is 11.6 Å². The highest BCUT2D eigenvalue weighted by molar-refractivity contribution is 5.82. The van der Waals surface area contributed by atoms with Crippen LogP contribution in [0.15, 0.2) is 18.2 Å². The number of benzene rings is 1. The SMILES string of the molecule is O=C([C@H]1CCCCN1Cc1c(F)cccc1[N+](=O)[O-])N1CCCC1. The molecule has 130 valence electrons. The fraction of sp³-hybridized carbons (Fsp3) is 0.588. The van der Waals surface area contributed by atoms with Gasteiger partial charge in [0.15, 0.2) is 0 Å². The van der Waals surface area contributed by atoms with Crippen molar-refractivity contribution in [1.82, 2.24) is 9.80 Å². The van der Waals surface area contributed by atoms with E-state index < -0.39 is 10.7 Å². The first-order valence-corrected chi connectivity index (χ1v) is 8.52. The van der Waals surface area contributed by atoms with Crippen molar-refractivity contribution in [3.63, 3.8) is 0 Å². The van der Waals surface area contributed by atoms with Gasteiger partial charge in [0.05, 0.1) is 16.5 Å². The predicted octanol–water partition coefficient (Wildman–Crippen LogP) is 2.71. The molecule has 3 rings (SSSR count). The van der Waals surface area contributed by atoms with Gasteiger partial charge in [-0.25, -0.2) is 4.39 Å². The molecule has 7 heteroatoms. The van der Waals surface area contributed by atoms with Crippen LogP contribution in [0.2, 0.25) is 0 Å². The fourth-order valence-corrected chi connectivity index (χ4v) is 3.69. The van der Waals surface area contributed by atoms with Gasteiger partial charge in [-0.2, -0.15) is 0 Å². The number of amides is 1. The minimum atomic E-state index is -0.581. The Morgan fingerprint density at radius 3 is 2.62 bits per heavy atom. The van der Waals surface area contributed by atoms with Gasteiger partial charge in [-0.15, -0.1) is 0 Å². The summed E-state index contributed by atoms with van der Waals surface area (Å²) in [6.07, 6.45) is 4.66. The molecule has 1 aromatic carbocycles. The van der Waals surface area contributed by atoms with E-state index in [0.717, 1.165) is 45.2 Å². The lowest BCUT2D eigenvalue weighted by molar-refractivity contribution is -0.386. The summed E-state index contributed by atoms with van der Waals surface area (Å²) >= 11 is 0. The number of carbonyl (C=O) groups excluding carboxylic acids is 1. The Balaban J connectivity index is 1.82. The zero-order chi connectivity index (χ0) is 17.1. The summed E-state index contributed by atoms with van der Waals surface area (Å²) in [5.41, 5.74) is -0.142. The van der Waals surface area contributed by atoms with E-state index in [1.807, 2.05) is 9.80 Å². The Labute approximate surface area is 140 Å². The molecule has 2 heterocycles. The van der Waals surface area contributed by atoms with Crippen molar-refractivity contribution in [2.45, 2.75) is 44.7 Å². The van der Waals surface area contributed by atoms with Crippen LogP contribution in [-0.4, -0.2) is 46.3 Å². The molecule has 0 radical (unpaired) electrons. The maximum Gasteiger partial charge on any atom is 0.276 e. The molecule has 0 N–H and O–H groups in total. The van der Waals surface area contributed by atoms with Crippen molar-refractivity contribution in [2.75, 3.05) is 19.6 Å². The summed E-state index contributed by atoms with van der Waals surface area (Å²) in [7, 11) is 0. The van der Waals surface area contributed by atoms with Gasteiger partial charge in [-0.05, 0) is 38.3 Å². The summed E-state index contributed by atoms with van der Waals surface area (Å²) in [5.74, 6) is -0.492. The maximum absolute atomic E-state index is 14.2. The van der Waals surface area contributed by atoms with E-state index in [9.17, 15) is 19.3 Å². The summed E-state index contributed by atoms with van der Waals surface area (Å²) in [6, 6.07) is 3.61. The van der Waals surface area contributed by atoms with E-state index in [1.165, 1.54) is 18.2 Å². The molecule has 2 aliphatic heterocycles. The van der Waals surface area contributed by atoms with Crippen LogP contribution in [0.4, 0.5) is 10.1 Å². The number of rotatable bonds is 4. The van der Waals surface area contributed by atoms with Gasteiger partial charge in [-0.1, -0.05) is 12.5 Å². The molecule has 0 aliphatic carbocycles. The van der Waals surface area contributed by atoms with Crippen LogP contribution in [0.1, 0.15) is 37.7 Å². The van der Waals surface area contributed by atoms with Crippen LogP contribution in [0.5, 0.6) is 0 Å². The lowest BCUT2D eigenvalue weighted by atomic mass is 9.99. The summed E-state index contributed by atoms with van der Waals surface area (Å²) in [4.78, 5) is 27.2. The standard InChI is InChI=1S/C17H22FN3O3/c18-14-6-5-8-15(21(23)24)13(14)12-20-11-2-1-7-16(20)17(22)19-9-3-4-10-19/h5-6,8,16H,1-4,7,9-12H2/t16-/m1/s1. The molecule has 2 saturated heterocycles. The van der Waals surface area contributed by atoms with Gasteiger partial charge in [0.25, 0.3) is 5.69 Å². The Kier molecular flexibility index (Phi) is 5.08. The molecule has 1 aromatic rings. The number of piperidine rings is 1. The summed E-state index contributed by atoms with van der Waals surface area (Å²) in [5, 5.41) is 11.2. The first-order valence-electron chi connectivity index (χ1n) is 8.52. The number of nitrogens with zero attached hydrogens (tertiary/aromatic N) is 3. The van der Waals surface area contributed by atoms with Gasteiger partial charge in [0, 0.05) is 25.7 Å².